The number of amides is 3. The third-order valence-electron chi connectivity index (χ3n) is 6.13. The lowest BCUT2D eigenvalue weighted by atomic mass is 10.0. The van der Waals surface area contributed by atoms with Crippen molar-refractivity contribution in [2.75, 3.05) is 14.2 Å². The zero-order valence-electron chi connectivity index (χ0n) is 20.0. The molecule has 1 N–H and O–H groups in total. The number of fused-ring (bicyclic) bond motifs is 1. The second kappa shape index (κ2) is 10.4. The molecule has 1 atom stereocenters. The fourth-order valence-electron chi connectivity index (χ4n) is 4.15. The van der Waals surface area contributed by atoms with Crippen LogP contribution in [-0.4, -0.2) is 42.9 Å². The molecular formula is C28H28N2O5. The number of aryl methyl sites for hydroxylation is 1. The summed E-state index contributed by atoms with van der Waals surface area (Å²) < 4.78 is 10.6. The fraction of sp³-hybridized carbons (Fsp3) is 0.250. The van der Waals surface area contributed by atoms with Crippen molar-refractivity contribution in [1.29, 1.82) is 0 Å². The third kappa shape index (κ3) is 5.19. The molecule has 3 aromatic rings. The fourth-order valence-corrected chi connectivity index (χ4v) is 4.15. The molecule has 0 saturated heterocycles. The van der Waals surface area contributed by atoms with Gasteiger partial charge in [-0.3, -0.25) is 19.3 Å². The van der Waals surface area contributed by atoms with E-state index >= 15 is 0 Å². The molecule has 1 heterocycles. The molecule has 0 aromatic heterocycles. The van der Waals surface area contributed by atoms with Crippen LogP contribution in [0.2, 0.25) is 0 Å². The lowest BCUT2D eigenvalue weighted by Crippen LogP contribution is -2.33. The second-order valence-electron chi connectivity index (χ2n) is 8.54. The van der Waals surface area contributed by atoms with E-state index in [9.17, 15) is 14.4 Å². The molecule has 0 spiro atoms. The Morgan fingerprint density at radius 3 is 2.11 bits per heavy atom. The maximum atomic E-state index is 13.1. The number of nitrogens with one attached hydrogen (secondary N) is 1. The molecule has 7 nitrogen and oxygen atoms in total. The number of hydrogen-bond donors (Lipinski definition) is 1. The maximum absolute atomic E-state index is 13.1. The largest absolute Gasteiger partial charge is 0.497 e. The van der Waals surface area contributed by atoms with Gasteiger partial charge < -0.3 is 14.8 Å². The van der Waals surface area contributed by atoms with Crippen molar-refractivity contribution in [2.45, 2.75) is 32.4 Å². The van der Waals surface area contributed by atoms with Crippen molar-refractivity contribution >= 4 is 17.7 Å². The Morgan fingerprint density at radius 2 is 1.51 bits per heavy atom. The van der Waals surface area contributed by atoms with Gasteiger partial charge in [0.1, 0.15) is 11.5 Å². The van der Waals surface area contributed by atoms with Crippen LogP contribution in [0.25, 0.3) is 0 Å². The SMILES string of the molecule is COc1ccc(CCC(C)NC(=O)c2cc(CN3C(=O)c4ccccc4C3=O)ccc2OC)cc1. The molecule has 35 heavy (non-hydrogen) atoms. The first kappa shape index (κ1) is 24.0. The molecule has 180 valence electrons. The minimum Gasteiger partial charge on any atom is -0.497 e. The molecule has 0 radical (unpaired) electrons. The van der Waals surface area contributed by atoms with E-state index in [1.54, 1.807) is 49.6 Å². The number of rotatable bonds is 9. The number of nitrogens with zero attached hydrogens (tertiary/aromatic N) is 1. The maximum Gasteiger partial charge on any atom is 0.261 e. The van der Waals surface area contributed by atoms with Crippen molar-refractivity contribution in [3.8, 4) is 11.5 Å². The van der Waals surface area contributed by atoms with Crippen molar-refractivity contribution in [3.63, 3.8) is 0 Å². The molecule has 3 amide bonds. The second-order valence-corrected chi connectivity index (χ2v) is 8.54. The van der Waals surface area contributed by atoms with E-state index in [4.69, 9.17) is 9.47 Å². The van der Waals surface area contributed by atoms with Crippen LogP contribution in [0.1, 0.15) is 55.5 Å². The van der Waals surface area contributed by atoms with Crippen molar-refractivity contribution in [2.24, 2.45) is 0 Å². The Bertz CT molecular complexity index is 1220. The highest BCUT2D eigenvalue weighted by atomic mass is 16.5. The first-order valence-electron chi connectivity index (χ1n) is 11.5. The van der Waals surface area contributed by atoms with Crippen LogP contribution in [0.4, 0.5) is 0 Å². The topological polar surface area (TPSA) is 84.9 Å². The summed E-state index contributed by atoms with van der Waals surface area (Å²) in [5, 5.41) is 3.03. The van der Waals surface area contributed by atoms with E-state index in [0.717, 1.165) is 24.2 Å². The van der Waals surface area contributed by atoms with E-state index in [0.29, 0.717) is 28.0 Å². The number of imide groups is 1. The summed E-state index contributed by atoms with van der Waals surface area (Å²) in [5.74, 6) is 0.298. The van der Waals surface area contributed by atoms with Crippen LogP contribution >= 0.6 is 0 Å². The van der Waals surface area contributed by atoms with Gasteiger partial charge in [-0.1, -0.05) is 30.3 Å². The van der Waals surface area contributed by atoms with Gasteiger partial charge >= 0.3 is 0 Å². The molecular weight excluding hydrogens is 444 g/mol. The molecule has 0 saturated carbocycles. The number of benzene rings is 3. The van der Waals surface area contributed by atoms with Crippen molar-refractivity contribution < 1.29 is 23.9 Å². The predicted octanol–water partition coefficient (Wildman–Crippen LogP) is 4.25. The predicted molar refractivity (Wildman–Crippen MR) is 132 cm³/mol. The first-order chi connectivity index (χ1) is 16.9. The minimum atomic E-state index is -0.334. The quantitative estimate of drug-likeness (QED) is 0.471. The number of hydrogen-bond acceptors (Lipinski definition) is 5. The van der Waals surface area contributed by atoms with Gasteiger partial charge in [-0.05, 0) is 67.3 Å². The smallest absolute Gasteiger partial charge is 0.261 e. The molecule has 0 fully saturated rings. The van der Waals surface area contributed by atoms with Crippen LogP contribution < -0.4 is 14.8 Å². The highest BCUT2D eigenvalue weighted by molar-refractivity contribution is 6.21. The highest BCUT2D eigenvalue weighted by Crippen LogP contribution is 2.26. The Labute approximate surface area is 204 Å². The van der Waals surface area contributed by atoms with E-state index in [1.807, 2.05) is 31.2 Å². The van der Waals surface area contributed by atoms with Gasteiger partial charge in [-0.25, -0.2) is 0 Å². The number of methoxy groups -OCH3 is 2. The van der Waals surface area contributed by atoms with E-state index in [1.165, 1.54) is 12.0 Å². The van der Waals surface area contributed by atoms with Gasteiger partial charge in [-0.15, -0.1) is 0 Å². The Hall–Kier alpha value is -4.13. The van der Waals surface area contributed by atoms with Gasteiger partial charge in [0.15, 0.2) is 0 Å². The summed E-state index contributed by atoms with van der Waals surface area (Å²) in [6.45, 7) is 2.03. The van der Waals surface area contributed by atoms with Crippen LogP contribution in [-0.2, 0) is 13.0 Å². The molecule has 4 rings (SSSR count). The average Bonchev–Trinajstić information content (AvgIpc) is 3.12. The van der Waals surface area contributed by atoms with Crippen molar-refractivity contribution in [3.05, 3.63) is 94.5 Å². The summed E-state index contributed by atoms with van der Waals surface area (Å²) in [6.07, 6.45) is 1.57. The summed E-state index contributed by atoms with van der Waals surface area (Å²) in [6, 6.07) is 19.7. The monoisotopic (exact) mass is 472 g/mol. The minimum absolute atomic E-state index is 0.0731. The van der Waals surface area contributed by atoms with E-state index in [-0.39, 0.29) is 30.3 Å². The lowest BCUT2D eigenvalue weighted by molar-refractivity contribution is 0.0642. The molecule has 1 aliphatic rings. The lowest BCUT2D eigenvalue weighted by Gasteiger charge is -2.18. The summed E-state index contributed by atoms with van der Waals surface area (Å²) in [7, 11) is 3.14. The molecule has 1 unspecified atom stereocenters. The summed E-state index contributed by atoms with van der Waals surface area (Å²) in [4.78, 5) is 39.7. The number of ether oxygens (including phenoxy) is 2. The Morgan fingerprint density at radius 1 is 0.886 bits per heavy atom. The highest BCUT2D eigenvalue weighted by Gasteiger charge is 2.35. The summed E-state index contributed by atoms with van der Waals surface area (Å²) >= 11 is 0. The van der Waals surface area contributed by atoms with Gasteiger partial charge in [0.05, 0.1) is 37.5 Å². The van der Waals surface area contributed by atoms with E-state index in [2.05, 4.69) is 5.32 Å². The third-order valence-corrected chi connectivity index (χ3v) is 6.13. The van der Waals surface area contributed by atoms with Gasteiger partial charge in [-0.2, -0.15) is 0 Å². The molecule has 3 aromatic carbocycles. The molecule has 7 heteroatoms. The number of carbonyl (C=O) groups is 3. The van der Waals surface area contributed by atoms with Gasteiger partial charge in [0, 0.05) is 6.04 Å². The van der Waals surface area contributed by atoms with Crippen molar-refractivity contribution in [1.82, 2.24) is 10.2 Å². The van der Waals surface area contributed by atoms with E-state index < -0.39 is 0 Å². The first-order valence-corrected chi connectivity index (χ1v) is 11.5. The zero-order valence-corrected chi connectivity index (χ0v) is 20.0. The normalized spacial score (nSPS) is 13.4. The van der Waals surface area contributed by atoms with Gasteiger partial charge in [0.2, 0.25) is 0 Å². The van der Waals surface area contributed by atoms with Crippen LogP contribution in [0.15, 0.2) is 66.7 Å². The van der Waals surface area contributed by atoms with Gasteiger partial charge in [0.25, 0.3) is 17.7 Å². The standard InChI is InChI=1S/C28H28N2O5/c1-18(8-9-19-10-13-21(34-2)14-11-19)29-26(31)24-16-20(12-15-25(24)35-3)17-30-27(32)22-6-4-5-7-23(22)28(30)33/h4-7,10-16,18H,8-9,17H2,1-3H3,(H,29,31). The van der Waals surface area contributed by atoms with Crippen LogP contribution in [0, 0.1) is 0 Å². The molecule has 0 bridgehead atoms. The Kier molecular flexibility index (Phi) is 7.15. The Balaban J connectivity index is 1.43. The van der Waals surface area contributed by atoms with Crippen LogP contribution in [0.5, 0.6) is 11.5 Å². The average molecular weight is 473 g/mol. The number of carbonyl (C=O) groups excluding carboxylic acids is 3. The van der Waals surface area contributed by atoms with Crippen LogP contribution in [0.3, 0.4) is 0 Å². The zero-order chi connectivity index (χ0) is 24.9. The molecule has 1 aliphatic heterocycles. The molecule has 0 aliphatic carbocycles. The summed E-state index contributed by atoms with van der Waals surface area (Å²) in [5.41, 5.74) is 2.98.